The molecule has 1 aliphatic heterocycles. The number of rotatable bonds is 12. The summed E-state index contributed by atoms with van der Waals surface area (Å²) in [5.41, 5.74) is 1.48. The zero-order chi connectivity index (χ0) is 28.9. The Bertz CT molecular complexity index is 1350. The SMILES string of the molecule is C=C(C)c1ncn([C@@H]2O[C@H](COP(=O)(N[C@@H](C)C(=O)OCc3ccccc3)Oc3ccccc3)[C@@H](O)[C@H]2O)c1O. The molecule has 13 heteroatoms. The van der Waals surface area contributed by atoms with Crippen molar-refractivity contribution in [3.05, 3.63) is 84.8 Å². The Morgan fingerprint density at radius 3 is 2.42 bits per heavy atom. The van der Waals surface area contributed by atoms with E-state index in [9.17, 15) is 24.7 Å². The molecule has 0 radical (unpaired) electrons. The Labute approximate surface area is 231 Å². The van der Waals surface area contributed by atoms with Crippen molar-refractivity contribution in [1.82, 2.24) is 14.6 Å². The van der Waals surface area contributed by atoms with Gasteiger partial charge in [-0.2, -0.15) is 5.09 Å². The quantitative estimate of drug-likeness (QED) is 0.186. The number of imidazole rings is 1. The molecule has 1 saturated heterocycles. The highest BCUT2D eigenvalue weighted by Gasteiger charge is 2.46. The van der Waals surface area contributed by atoms with Crippen LogP contribution in [0, 0.1) is 0 Å². The van der Waals surface area contributed by atoms with Crippen molar-refractivity contribution < 1.29 is 43.2 Å². The monoisotopic (exact) mass is 573 g/mol. The number of carbonyl (C=O) groups is 1. The van der Waals surface area contributed by atoms with Crippen molar-refractivity contribution in [3.8, 4) is 11.6 Å². The molecule has 0 spiro atoms. The number of esters is 1. The van der Waals surface area contributed by atoms with Crippen LogP contribution in [0.1, 0.15) is 31.3 Å². The summed E-state index contributed by atoms with van der Waals surface area (Å²) in [5.74, 6) is -0.793. The first-order valence-corrected chi connectivity index (χ1v) is 14.0. The lowest BCUT2D eigenvalue weighted by molar-refractivity contribution is -0.146. The minimum Gasteiger partial charge on any atom is -0.493 e. The van der Waals surface area contributed by atoms with E-state index < -0.39 is 50.9 Å². The average Bonchev–Trinajstić information content (AvgIpc) is 3.45. The van der Waals surface area contributed by atoms with E-state index in [-0.39, 0.29) is 23.9 Å². The molecule has 1 aliphatic rings. The largest absolute Gasteiger partial charge is 0.493 e. The van der Waals surface area contributed by atoms with Crippen LogP contribution in [0.3, 0.4) is 0 Å². The van der Waals surface area contributed by atoms with E-state index in [0.29, 0.717) is 5.57 Å². The zero-order valence-corrected chi connectivity index (χ0v) is 22.9. The van der Waals surface area contributed by atoms with Gasteiger partial charge in [0.05, 0.1) is 6.61 Å². The number of hydrogen-bond donors (Lipinski definition) is 4. The van der Waals surface area contributed by atoms with E-state index in [0.717, 1.165) is 10.1 Å². The lowest BCUT2D eigenvalue weighted by Gasteiger charge is -2.24. The fraction of sp³-hybridized carbons (Fsp3) is 0.333. The molecule has 0 saturated carbocycles. The average molecular weight is 574 g/mol. The minimum absolute atomic E-state index is 0.0198. The van der Waals surface area contributed by atoms with Gasteiger partial charge < -0.3 is 29.3 Å². The molecule has 0 amide bonds. The number of aliphatic hydroxyl groups is 2. The standard InChI is InChI=1S/C27H32N3O9P/c1-17(2)22-25(33)30(16-28-22)26-24(32)23(31)21(38-26)15-37-40(35,39-20-12-8-5-9-13-20)29-18(3)27(34)36-14-19-10-6-4-7-11-19/h4-13,16,18,21,23-24,26,31-33H,1,14-15H2,2-3H3,(H,29,35)/t18-,21+,23+,24+,26+,40?/m0/s1. The van der Waals surface area contributed by atoms with Crippen molar-refractivity contribution in [2.45, 2.75) is 51.0 Å². The van der Waals surface area contributed by atoms with Crippen LogP contribution in [0.25, 0.3) is 5.57 Å². The van der Waals surface area contributed by atoms with Crippen LogP contribution in [0.15, 0.2) is 73.6 Å². The molecule has 1 fully saturated rings. The molecule has 214 valence electrons. The molecular weight excluding hydrogens is 541 g/mol. The fourth-order valence-corrected chi connectivity index (χ4v) is 5.47. The third-order valence-electron chi connectivity index (χ3n) is 6.09. The van der Waals surface area contributed by atoms with Gasteiger partial charge in [-0.05, 0) is 37.1 Å². The Morgan fingerprint density at radius 1 is 1.15 bits per heavy atom. The Hall–Kier alpha value is -3.51. The lowest BCUT2D eigenvalue weighted by atomic mass is 10.1. The predicted molar refractivity (Wildman–Crippen MR) is 144 cm³/mol. The van der Waals surface area contributed by atoms with Crippen molar-refractivity contribution in [1.29, 1.82) is 0 Å². The highest BCUT2D eigenvalue weighted by molar-refractivity contribution is 7.52. The molecule has 3 aromatic rings. The third-order valence-corrected chi connectivity index (χ3v) is 7.73. The molecule has 1 unspecified atom stereocenters. The molecule has 6 atom stereocenters. The van der Waals surface area contributed by atoms with Gasteiger partial charge in [-0.25, -0.2) is 9.55 Å². The molecular formula is C27H32N3O9P. The normalized spacial score (nSPS) is 22.8. The number of aromatic nitrogens is 2. The summed E-state index contributed by atoms with van der Waals surface area (Å²) in [6, 6.07) is 16.1. The number of carbonyl (C=O) groups excluding carboxylic acids is 1. The first-order valence-electron chi connectivity index (χ1n) is 12.5. The van der Waals surface area contributed by atoms with Crippen LogP contribution < -0.4 is 9.61 Å². The summed E-state index contributed by atoms with van der Waals surface area (Å²) >= 11 is 0. The van der Waals surface area contributed by atoms with Crippen LogP contribution in [0.5, 0.6) is 11.6 Å². The summed E-state index contributed by atoms with van der Waals surface area (Å²) in [6.45, 7) is 6.35. The minimum atomic E-state index is -4.26. The number of aliphatic hydroxyl groups excluding tert-OH is 2. The second-order valence-electron chi connectivity index (χ2n) is 9.29. The Kier molecular flexibility index (Phi) is 9.41. The van der Waals surface area contributed by atoms with Gasteiger partial charge in [-0.1, -0.05) is 55.1 Å². The number of allylic oxidation sites excluding steroid dienone is 1. The van der Waals surface area contributed by atoms with Gasteiger partial charge >= 0.3 is 13.7 Å². The highest BCUT2D eigenvalue weighted by Crippen LogP contribution is 2.46. The topological polar surface area (TPSA) is 162 Å². The van der Waals surface area contributed by atoms with Crippen LogP contribution in [-0.4, -0.2) is 61.8 Å². The molecule has 1 aromatic heterocycles. The first-order chi connectivity index (χ1) is 19.1. The van der Waals surface area contributed by atoms with Crippen LogP contribution in [0.2, 0.25) is 0 Å². The van der Waals surface area contributed by atoms with E-state index in [1.165, 1.54) is 13.3 Å². The second-order valence-corrected chi connectivity index (χ2v) is 11.0. The van der Waals surface area contributed by atoms with Gasteiger partial charge in [-0.15, -0.1) is 0 Å². The van der Waals surface area contributed by atoms with Crippen molar-refractivity contribution in [3.63, 3.8) is 0 Å². The number of benzene rings is 2. The molecule has 4 N–H and O–H groups in total. The van der Waals surface area contributed by atoms with Crippen molar-refractivity contribution in [2.24, 2.45) is 0 Å². The number of nitrogens with one attached hydrogen (secondary N) is 1. The van der Waals surface area contributed by atoms with Crippen LogP contribution >= 0.6 is 7.75 Å². The second kappa shape index (κ2) is 12.8. The number of nitrogens with zero attached hydrogens (tertiary/aromatic N) is 2. The third kappa shape index (κ3) is 6.97. The Morgan fingerprint density at radius 2 is 1.80 bits per heavy atom. The number of ether oxygens (including phenoxy) is 2. The van der Waals surface area contributed by atoms with E-state index in [1.54, 1.807) is 49.4 Å². The van der Waals surface area contributed by atoms with E-state index in [1.807, 2.05) is 18.2 Å². The maximum absolute atomic E-state index is 13.8. The summed E-state index contributed by atoms with van der Waals surface area (Å²) in [6.07, 6.45) is -4.08. The molecule has 40 heavy (non-hydrogen) atoms. The van der Waals surface area contributed by atoms with E-state index in [2.05, 4.69) is 16.7 Å². The smallest absolute Gasteiger partial charge is 0.459 e. The summed E-state index contributed by atoms with van der Waals surface area (Å²) in [5, 5.41) is 34.2. The molecule has 4 rings (SSSR count). The van der Waals surface area contributed by atoms with Gasteiger partial charge in [0.25, 0.3) is 0 Å². The highest BCUT2D eigenvalue weighted by atomic mass is 31.2. The van der Waals surface area contributed by atoms with Gasteiger partial charge in [0, 0.05) is 0 Å². The lowest BCUT2D eigenvalue weighted by Crippen LogP contribution is -2.37. The van der Waals surface area contributed by atoms with Crippen LogP contribution in [0.4, 0.5) is 0 Å². The van der Waals surface area contributed by atoms with Gasteiger partial charge in [0.2, 0.25) is 5.88 Å². The van der Waals surface area contributed by atoms with Gasteiger partial charge in [0.15, 0.2) is 6.23 Å². The molecule has 12 nitrogen and oxygen atoms in total. The molecule has 2 aromatic carbocycles. The molecule has 0 aliphatic carbocycles. The fourth-order valence-electron chi connectivity index (χ4n) is 3.96. The van der Waals surface area contributed by atoms with Crippen LogP contribution in [-0.2, 0) is 30.0 Å². The summed E-state index contributed by atoms with van der Waals surface area (Å²) in [7, 11) is -4.26. The maximum atomic E-state index is 13.8. The number of aromatic hydroxyl groups is 1. The predicted octanol–water partition coefficient (Wildman–Crippen LogP) is 3.17. The maximum Gasteiger partial charge on any atom is 0.459 e. The molecule has 0 bridgehead atoms. The van der Waals surface area contributed by atoms with E-state index >= 15 is 0 Å². The zero-order valence-electron chi connectivity index (χ0n) is 22.0. The number of hydrogen-bond acceptors (Lipinski definition) is 10. The summed E-state index contributed by atoms with van der Waals surface area (Å²) in [4.78, 5) is 16.7. The van der Waals surface area contributed by atoms with Gasteiger partial charge in [-0.3, -0.25) is 13.9 Å². The van der Waals surface area contributed by atoms with Crippen molar-refractivity contribution in [2.75, 3.05) is 6.61 Å². The Balaban J connectivity index is 1.44. The van der Waals surface area contributed by atoms with E-state index in [4.69, 9.17) is 18.5 Å². The summed E-state index contributed by atoms with van der Waals surface area (Å²) < 4.78 is 37.2. The number of para-hydroxylation sites is 1. The molecule has 2 heterocycles. The van der Waals surface area contributed by atoms with Gasteiger partial charge in [0.1, 0.15) is 48.7 Å². The first kappa shape index (κ1) is 29.5. The van der Waals surface area contributed by atoms with Crippen molar-refractivity contribution >= 4 is 19.3 Å².